The quantitative estimate of drug-likeness (QED) is 0.841. The molecule has 0 saturated carbocycles. The first-order valence-corrected chi connectivity index (χ1v) is 9.18. The summed E-state index contributed by atoms with van der Waals surface area (Å²) in [6, 6.07) is 6.33. The van der Waals surface area contributed by atoms with Gasteiger partial charge in [0.25, 0.3) is 0 Å². The van der Waals surface area contributed by atoms with Crippen molar-refractivity contribution in [1.29, 1.82) is 0 Å². The zero-order valence-electron chi connectivity index (χ0n) is 13.1. The van der Waals surface area contributed by atoms with Crippen molar-refractivity contribution in [3.63, 3.8) is 0 Å². The lowest BCUT2D eigenvalue weighted by Crippen LogP contribution is -2.13. The monoisotopic (exact) mass is 371 g/mol. The highest BCUT2D eigenvalue weighted by Gasteiger charge is 2.36. The number of aromatic nitrogens is 2. The van der Waals surface area contributed by atoms with Gasteiger partial charge in [0.05, 0.1) is 16.3 Å². The molecule has 1 atom stereocenters. The number of hydrogen-bond acceptors (Lipinski definition) is 3. The Kier molecular flexibility index (Phi) is 4.46. The molecule has 1 unspecified atom stereocenters. The van der Waals surface area contributed by atoms with E-state index in [2.05, 4.69) is 5.10 Å². The number of sulfonamides is 1. The average molecular weight is 371 g/mol. The largest absolute Gasteiger partial charge is 0.435 e. The van der Waals surface area contributed by atoms with Crippen LogP contribution in [0.1, 0.15) is 36.6 Å². The predicted octanol–water partition coefficient (Wildman–Crippen LogP) is 3.36. The fourth-order valence-corrected chi connectivity index (χ4v) is 3.36. The molecule has 25 heavy (non-hydrogen) atoms. The number of alkyl halides is 3. The second-order valence-corrected chi connectivity index (χ2v) is 7.43. The number of nitrogens with two attached hydrogens (primary N) is 1. The molecule has 5 nitrogen and oxygen atoms in total. The smallest absolute Gasteiger partial charge is 0.237 e. The molecular formula is C16H16F3N3O2S. The number of halogens is 3. The van der Waals surface area contributed by atoms with Crippen molar-refractivity contribution in [3.05, 3.63) is 53.9 Å². The molecule has 0 radical (unpaired) electrons. The molecule has 1 heterocycles. The van der Waals surface area contributed by atoms with E-state index in [1.807, 2.05) is 12.2 Å². The molecule has 0 aliphatic heterocycles. The van der Waals surface area contributed by atoms with Crippen LogP contribution in [0, 0.1) is 0 Å². The van der Waals surface area contributed by atoms with Gasteiger partial charge in [-0.25, -0.2) is 18.2 Å². The number of nitrogens with zero attached hydrogens (tertiary/aromatic N) is 2. The lowest BCUT2D eigenvalue weighted by atomic mass is 9.92. The molecule has 0 bridgehead atoms. The van der Waals surface area contributed by atoms with Crippen LogP contribution in [-0.2, 0) is 16.2 Å². The van der Waals surface area contributed by atoms with E-state index in [1.54, 1.807) is 0 Å². The topological polar surface area (TPSA) is 78.0 Å². The van der Waals surface area contributed by atoms with Gasteiger partial charge in [-0.3, -0.25) is 0 Å². The Hall–Kier alpha value is -2.13. The lowest BCUT2D eigenvalue weighted by molar-refractivity contribution is -0.141. The van der Waals surface area contributed by atoms with Crippen LogP contribution in [-0.4, -0.2) is 18.2 Å². The van der Waals surface area contributed by atoms with Crippen molar-refractivity contribution in [3.8, 4) is 5.69 Å². The lowest BCUT2D eigenvalue weighted by Gasteiger charge is -2.18. The van der Waals surface area contributed by atoms with Gasteiger partial charge in [0.2, 0.25) is 10.0 Å². The summed E-state index contributed by atoms with van der Waals surface area (Å²) in [6.45, 7) is 0. The Bertz CT molecular complexity index is 900. The fourth-order valence-electron chi connectivity index (χ4n) is 2.84. The maximum Gasteiger partial charge on any atom is 0.435 e. The van der Waals surface area contributed by atoms with E-state index in [1.165, 1.54) is 28.9 Å². The van der Waals surface area contributed by atoms with Gasteiger partial charge in [0.1, 0.15) is 0 Å². The molecule has 0 amide bonds. The van der Waals surface area contributed by atoms with E-state index in [0.29, 0.717) is 11.4 Å². The van der Waals surface area contributed by atoms with Crippen molar-refractivity contribution in [2.75, 3.05) is 0 Å². The van der Waals surface area contributed by atoms with Gasteiger partial charge < -0.3 is 0 Å². The van der Waals surface area contributed by atoms with E-state index in [4.69, 9.17) is 5.14 Å². The summed E-state index contributed by atoms with van der Waals surface area (Å²) in [5, 5.41) is 8.74. The van der Waals surface area contributed by atoms with Gasteiger partial charge >= 0.3 is 6.18 Å². The number of hydrogen-bond donors (Lipinski definition) is 1. The molecule has 3 rings (SSSR count). The summed E-state index contributed by atoms with van der Waals surface area (Å²) in [5.74, 6) is -0.171. The van der Waals surface area contributed by atoms with E-state index in [9.17, 15) is 21.6 Å². The van der Waals surface area contributed by atoms with Gasteiger partial charge in [-0.15, -0.1) is 0 Å². The molecule has 134 valence electrons. The molecule has 2 N–H and O–H groups in total. The minimum Gasteiger partial charge on any atom is -0.237 e. The van der Waals surface area contributed by atoms with Crippen LogP contribution >= 0.6 is 0 Å². The highest BCUT2D eigenvalue weighted by molar-refractivity contribution is 7.89. The van der Waals surface area contributed by atoms with Crippen LogP contribution in [0.2, 0.25) is 0 Å². The van der Waals surface area contributed by atoms with Gasteiger partial charge in [0.15, 0.2) is 5.69 Å². The Balaban J connectivity index is 2.09. The first-order chi connectivity index (χ1) is 11.7. The molecule has 1 aliphatic carbocycles. The average Bonchev–Trinajstić information content (AvgIpc) is 3.00. The predicted molar refractivity (Wildman–Crippen MR) is 85.7 cm³/mol. The third kappa shape index (κ3) is 3.77. The molecule has 1 aromatic heterocycles. The summed E-state index contributed by atoms with van der Waals surface area (Å²) in [4.78, 5) is -0.112. The van der Waals surface area contributed by atoms with Crippen LogP contribution < -0.4 is 5.14 Å². The minimum absolute atomic E-state index is 0.112. The van der Waals surface area contributed by atoms with Gasteiger partial charge in [-0.1, -0.05) is 12.2 Å². The second-order valence-electron chi connectivity index (χ2n) is 5.87. The van der Waals surface area contributed by atoms with Gasteiger partial charge in [-0.05, 0) is 49.6 Å². The summed E-state index contributed by atoms with van der Waals surface area (Å²) < 4.78 is 63.2. The summed E-state index contributed by atoms with van der Waals surface area (Å²) >= 11 is 0. The number of primary sulfonamides is 1. The normalized spacial score (nSPS) is 18.5. The highest BCUT2D eigenvalue weighted by Crippen LogP contribution is 2.35. The van der Waals surface area contributed by atoms with Crippen LogP contribution in [0.25, 0.3) is 5.69 Å². The summed E-state index contributed by atoms with van der Waals surface area (Å²) in [6.07, 6.45) is 1.80. The zero-order chi connectivity index (χ0) is 18.2. The third-order valence-corrected chi connectivity index (χ3v) is 5.00. The van der Waals surface area contributed by atoms with Crippen molar-refractivity contribution in [2.45, 2.75) is 36.3 Å². The van der Waals surface area contributed by atoms with Crippen LogP contribution in [0.3, 0.4) is 0 Å². The Morgan fingerprint density at radius 1 is 1.20 bits per heavy atom. The Labute approximate surface area is 143 Å². The first-order valence-electron chi connectivity index (χ1n) is 7.63. The number of benzene rings is 1. The maximum atomic E-state index is 13.1. The zero-order valence-corrected chi connectivity index (χ0v) is 13.9. The Morgan fingerprint density at radius 2 is 1.88 bits per heavy atom. The molecule has 1 aliphatic rings. The van der Waals surface area contributed by atoms with Crippen LogP contribution in [0.5, 0.6) is 0 Å². The minimum atomic E-state index is -4.56. The molecule has 0 fully saturated rings. The number of rotatable bonds is 3. The molecule has 9 heteroatoms. The van der Waals surface area contributed by atoms with E-state index in [-0.39, 0.29) is 10.8 Å². The third-order valence-electron chi connectivity index (χ3n) is 4.07. The van der Waals surface area contributed by atoms with Gasteiger partial charge in [-0.2, -0.15) is 18.3 Å². The summed E-state index contributed by atoms with van der Waals surface area (Å²) in [7, 11) is -3.87. The van der Waals surface area contributed by atoms with Crippen LogP contribution in [0.15, 0.2) is 47.4 Å². The first kappa shape index (κ1) is 17.7. The van der Waals surface area contributed by atoms with E-state index >= 15 is 0 Å². The molecule has 0 saturated heterocycles. The van der Waals surface area contributed by atoms with E-state index < -0.39 is 21.9 Å². The standard InChI is InChI=1S/C16H16F3N3O2S/c17-16(18,19)15-10-14(11-4-2-1-3-5-11)22(21-15)12-6-8-13(9-7-12)25(20,23)24/h2,4,6-11H,1,3,5H2,(H2,20,23,24). The SMILES string of the molecule is NS(=O)(=O)c1ccc(-n2nc(C(F)(F)F)cc2C2C=CCCC2)cc1. The molecule has 1 aromatic carbocycles. The van der Waals surface area contributed by atoms with Crippen molar-refractivity contribution < 1.29 is 21.6 Å². The maximum absolute atomic E-state index is 13.1. The van der Waals surface area contributed by atoms with Crippen molar-refractivity contribution in [2.24, 2.45) is 5.14 Å². The molecular weight excluding hydrogens is 355 g/mol. The Morgan fingerprint density at radius 3 is 2.40 bits per heavy atom. The molecule has 2 aromatic rings. The number of allylic oxidation sites excluding steroid dienone is 2. The second kappa shape index (κ2) is 6.30. The van der Waals surface area contributed by atoms with Crippen LogP contribution in [0.4, 0.5) is 13.2 Å². The fraction of sp³-hybridized carbons (Fsp3) is 0.312. The van der Waals surface area contributed by atoms with E-state index in [0.717, 1.165) is 25.3 Å². The molecule has 0 spiro atoms. The summed E-state index contributed by atoms with van der Waals surface area (Å²) in [5.41, 5.74) is -0.208. The highest BCUT2D eigenvalue weighted by atomic mass is 32.2. The van der Waals surface area contributed by atoms with Crippen molar-refractivity contribution in [1.82, 2.24) is 9.78 Å². The van der Waals surface area contributed by atoms with Gasteiger partial charge in [0, 0.05) is 5.92 Å². The van der Waals surface area contributed by atoms with Crippen molar-refractivity contribution >= 4 is 10.0 Å².